The molecule has 0 spiro atoms. The second-order valence-corrected chi connectivity index (χ2v) is 5.73. The zero-order chi connectivity index (χ0) is 11.6. The molecule has 0 saturated heterocycles. The van der Waals surface area contributed by atoms with Gasteiger partial charge in [0.15, 0.2) is 0 Å². The largest absolute Gasteiger partial charge is 0.480 e. The molecule has 0 rings (SSSR count). The maximum absolute atomic E-state index is 10.3. The van der Waals surface area contributed by atoms with Crippen molar-refractivity contribution in [2.75, 3.05) is 5.75 Å². The number of hydrogen-bond acceptors (Lipinski definition) is 3. The Morgan fingerprint density at radius 1 is 1.07 bits per heavy atom. The zero-order valence-electron chi connectivity index (χ0n) is 9.22. The fourth-order valence-electron chi connectivity index (χ4n) is 1.22. The molecule has 0 heterocycles. The van der Waals surface area contributed by atoms with E-state index >= 15 is 0 Å². The molecule has 92 valence electrons. The molecular formula is C9H21O4PS. The summed E-state index contributed by atoms with van der Waals surface area (Å²) in [6, 6.07) is 0. The van der Waals surface area contributed by atoms with E-state index in [2.05, 4.69) is 10.9 Å². The van der Waals surface area contributed by atoms with Crippen LogP contribution in [0.1, 0.15) is 51.9 Å². The number of unbranched alkanes of at least 4 members (excludes halogenated alkanes) is 6. The van der Waals surface area contributed by atoms with E-state index in [-0.39, 0.29) is 0 Å². The van der Waals surface area contributed by atoms with Crippen molar-refractivity contribution in [1.29, 1.82) is 0 Å². The van der Waals surface area contributed by atoms with Crippen LogP contribution < -0.4 is 0 Å². The first-order valence-corrected chi connectivity index (χ1v) is 7.87. The smallest absolute Gasteiger partial charge is 0.302 e. The maximum Gasteiger partial charge on any atom is 0.480 e. The van der Waals surface area contributed by atoms with Crippen molar-refractivity contribution in [1.82, 2.24) is 0 Å². The van der Waals surface area contributed by atoms with Crippen LogP contribution in [-0.4, -0.2) is 15.5 Å². The molecule has 0 aliphatic carbocycles. The summed E-state index contributed by atoms with van der Waals surface area (Å²) < 4.78 is 14.5. The molecule has 0 fully saturated rings. The molecule has 4 nitrogen and oxygen atoms in total. The van der Waals surface area contributed by atoms with E-state index in [4.69, 9.17) is 9.79 Å². The molecule has 0 atom stereocenters. The second-order valence-electron chi connectivity index (χ2n) is 3.51. The van der Waals surface area contributed by atoms with Crippen LogP contribution in [0.2, 0.25) is 0 Å². The Kier molecular flexibility index (Phi) is 9.97. The van der Waals surface area contributed by atoms with Gasteiger partial charge in [0.1, 0.15) is 0 Å². The summed E-state index contributed by atoms with van der Waals surface area (Å²) in [7, 11) is -4.27. The van der Waals surface area contributed by atoms with Crippen LogP contribution >= 0.6 is 19.9 Å². The minimum absolute atomic E-state index is 0.652. The standard InChI is InChI=1S/C9H21O4PS/c1-2-3-4-5-6-7-8-9-15-13-14(10,11)12/h2-9H2,1H3,(H2,10,11,12). The Morgan fingerprint density at radius 3 is 2.13 bits per heavy atom. The molecule has 0 radical (unpaired) electrons. The lowest BCUT2D eigenvalue weighted by atomic mass is 10.1. The van der Waals surface area contributed by atoms with Gasteiger partial charge in [0, 0.05) is 17.8 Å². The lowest BCUT2D eigenvalue weighted by Crippen LogP contribution is -1.84. The molecule has 0 saturated carbocycles. The Labute approximate surface area is 96.2 Å². The number of hydrogen-bond donors (Lipinski definition) is 2. The van der Waals surface area contributed by atoms with Gasteiger partial charge in [-0.3, -0.25) is 0 Å². The Bertz CT molecular complexity index is 183. The molecule has 0 aromatic carbocycles. The topological polar surface area (TPSA) is 66.8 Å². The van der Waals surface area contributed by atoms with Crippen LogP contribution in [-0.2, 0) is 8.54 Å². The van der Waals surface area contributed by atoms with Crippen LogP contribution in [0.4, 0.5) is 0 Å². The van der Waals surface area contributed by atoms with E-state index in [0.29, 0.717) is 5.75 Å². The summed E-state index contributed by atoms with van der Waals surface area (Å²) in [5.41, 5.74) is 0. The molecule has 0 amide bonds. The maximum atomic E-state index is 10.3. The summed E-state index contributed by atoms with van der Waals surface area (Å²) in [4.78, 5) is 16.8. The minimum atomic E-state index is -4.27. The predicted octanol–water partition coefficient (Wildman–Crippen LogP) is 3.49. The first-order valence-electron chi connectivity index (χ1n) is 5.43. The highest BCUT2D eigenvalue weighted by Gasteiger charge is 2.13. The number of rotatable bonds is 10. The molecule has 0 aliphatic rings. The number of phosphoric acid groups is 1. The fourth-order valence-corrected chi connectivity index (χ4v) is 2.39. The third-order valence-corrected chi connectivity index (χ3v) is 3.63. The summed E-state index contributed by atoms with van der Waals surface area (Å²) in [6.45, 7) is 2.19. The average molecular weight is 256 g/mol. The van der Waals surface area contributed by atoms with Crippen molar-refractivity contribution >= 4 is 19.9 Å². The summed E-state index contributed by atoms with van der Waals surface area (Å²) >= 11 is 0.865. The van der Waals surface area contributed by atoms with Gasteiger partial charge in [-0.2, -0.15) is 0 Å². The monoisotopic (exact) mass is 256 g/mol. The SMILES string of the molecule is CCCCCCCCCSOP(=O)(O)O. The van der Waals surface area contributed by atoms with Gasteiger partial charge >= 0.3 is 7.82 Å². The van der Waals surface area contributed by atoms with Gasteiger partial charge in [-0.1, -0.05) is 45.4 Å². The van der Waals surface area contributed by atoms with Crippen molar-refractivity contribution in [2.24, 2.45) is 0 Å². The quantitative estimate of drug-likeness (QED) is 0.356. The van der Waals surface area contributed by atoms with Crippen molar-refractivity contribution in [3.63, 3.8) is 0 Å². The van der Waals surface area contributed by atoms with Crippen molar-refractivity contribution in [3.8, 4) is 0 Å². The lowest BCUT2D eigenvalue weighted by molar-refractivity contribution is 0.298. The Balaban J connectivity index is 3.02. The van der Waals surface area contributed by atoms with Crippen LogP contribution in [0.5, 0.6) is 0 Å². The molecule has 2 N–H and O–H groups in total. The van der Waals surface area contributed by atoms with E-state index in [1.807, 2.05) is 0 Å². The molecule has 0 bridgehead atoms. The van der Waals surface area contributed by atoms with Crippen molar-refractivity contribution < 1.29 is 18.3 Å². The highest BCUT2D eigenvalue weighted by Crippen LogP contribution is 2.41. The van der Waals surface area contributed by atoms with Crippen LogP contribution in [0.25, 0.3) is 0 Å². The Morgan fingerprint density at radius 2 is 1.60 bits per heavy atom. The van der Waals surface area contributed by atoms with Crippen molar-refractivity contribution in [3.05, 3.63) is 0 Å². The van der Waals surface area contributed by atoms with E-state index in [0.717, 1.165) is 24.9 Å². The summed E-state index contributed by atoms with van der Waals surface area (Å²) in [5, 5.41) is 0. The lowest BCUT2D eigenvalue weighted by Gasteiger charge is -2.03. The molecule has 0 aromatic rings. The molecular weight excluding hydrogens is 235 g/mol. The highest BCUT2D eigenvalue weighted by atomic mass is 32.2. The van der Waals surface area contributed by atoms with Gasteiger partial charge in [0.05, 0.1) is 0 Å². The zero-order valence-corrected chi connectivity index (χ0v) is 10.9. The van der Waals surface area contributed by atoms with Crippen LogP contribution in [0, 0.1) is 0 Å². The van der Waals surface area contributed by atoms with Gasteiger partial charge in [-0.25, -0.2) is 8.54 Å². The van der Waals surface area contributed by atoms with E-state index in [1.54, 1.807) is 0 Å². The third kappa shape index (κ3) is 14.5. The van der Waals surface area contributed by atoms with Crippen LogP contribution in [0.3, 0.4) is 0 Å². The van der Waals surface area contributed by atoms with Gasteiger partial charge in [0.25, 0.3) is 0 Å². The predicted molar refractivity (Wildman–Crippen MR) is 63.6 cm³/mol. The first-order chi connectivity index (χ1) is 7.06. The van der Waals surface area contributed by atoms with Gasteiger partial charge < -0.3 is 9.79 Å². The van der Waals surface area contributed by atoms with Gasteiger partial charge in [0.2, 0.25) is 0 Å². The second kappa shape index (κ2) is 9.67. The summed E-state index contributed by atoms with van der Waals surface area (Å²) in [5.74, 6) is 0.652. The van der Waals surface area contributed by atoms with Gasteiger partial charge in [-0.05, 0) is 6.42 Å². The van der Waals surface area contributed by atoms with E-state index in [9.17, 15) is 4.57 Å². The van der Waals surface area contributed by atoms with Gasteiger partial charge in [-0.15, -0.1) is 0 Å². The average Bonchev–Trinajstić information content (AvgIpc) is 2.14. The van der Waals surface area contributed by atoms with E-state index in [1.165, 1.54) is 32.1 Å². The van der Waals surface area contributed by atoms with Crippen LogP contribution in [0.15, 0.2) is 0 Å². The van der Waals surface area contributed by atoms with Crippen molar-refractivity contribution in [2.45, 2.75) is 51.9 Å². The molecule has 0 unspecified atom stereocenters. The minimum Gasteiger partial charge on any atom is -0.302 e. The first kappa shape index (κ1) is 15.5. The normalized spacial score (nSPS) is 11.9. The Hall–Kier alpha value is 0.460. The molecule has 15 heavy (non-hydrogen) atoms. The third-order valence-electron chi connectivity index (χ3n) is 1.98. The molecule has 6 heteroatoms. The molecule has 0 aliphatic heterocycles. The summed E-state index contributed by atoms with van der Waals surface area (Å²) in [6.07, 6.45) is 8.39. The van der Waals surface area contributed by atoms with E-state index < -0.39 is 7.82 Å². The molecule has 0 aromatic heterocycles. The highest BCUT2D eigenvalue weighted by molar-refractivity contribution is 7.97. The fraction of sp³-hybridized carbons (Fsp3) is 1.00.